The van der Waals surface area contributed by atoms with Gasteiger partial charge < -0.3 is 10.1 Å². The lowest BCUT2D eigenvalue weighted by molar-refractivity contribution is 0.254. The van der Waals surface area contributed by atoms with Crippen molar-refractivity contribution in [2.24, 2.45) is 0 Å². The molecule has 0 aliphatic heterocycles. The van der Waals surface area contributed by atoms with Crippen molar-refractivity contribution in [2.75, 3.05) is 11.6 Å². The van der Waals surface area contributed by atoms with Gasteiger partial charge in [-0.15, -0.1) is 0 Å². The molecule has 4 rings (SSSR count). The Labute approximate surface area is 183 Å². The lowest BCUT2D eigenvalue weighted by atomic mass is 10.2. The zero-order valence-electron chi connectivity index (χ0n) is 17.2. The largest absolute Gasteiger partial charge is 0.436 e. The van der Waals surface area contributed by atoms with E-state index in [0.717, 1.165) is 18.1 Å². The van der Waals surface area contributed by atoms with Gasteiger partial charge in [0.1, 0.15) is 6.33 Å². The minimum atomic E-state index is -3.29. The first-order valence-electron chi connectivity index (χ1n) is 9.54. The van der Waals surface area contributed by atoms with Gasteiger partial charge in [-0.2, -0.15) is 0 Å². The third-order valence-electron chi connectivity index (χ3n) is 4.58. The molecular weight excluding hydrogens is 435 g/mol. The summed E-state index contributed by atoms with van der Waals surface area (Å²) in [5.74, 6) is -1.06. The first kappa shape index (κ1) is 21.4. The van der Waals surface area contributed by atoms with Crippen LogP contribution >= 0.6 is 0 Å². The molecule has 0 radical (unpaired) electrons. The standard InChI is InChI=1S/C22H19FN4O4S/c1-14-4-3-5-15(10-14)26-22(28)27-9-8-17-18(27)6-7-19(21(17)23)31-20-11-16(24-13-25-20)12-32(2,29)30/h3-11,13H,12H2,1-2H3,(H,26,28). The zero-order chi connectivity index (χ0) is 22.9. The summed E-state index contributed by atoms with van der Waals surface area (Å²) in [5, 5.41) is 2.97. The maximum absolute atomic E-state index is 15.1. The molecule has 0 fully saturated rings. The number of amides is 1. The van der Waals surface area contributed by atoms with Crippen molar-refractivity contribution in [3.8, 4) is 11.6 Å². The normalized spacial score (nSPS) is 11.5. The van der Waals surface area contributed by atoms with E-state index in [-0.39, 0.29) is 28.5 Å². The summed E-state index contributed by atoms with van der Waals surface area (Å²) in [6.07, 6.45) is 3.71. The van der Waals surface area contributed by atoms with Gasteiger partial charge in [0.25, 0.3) is 0 Å². The minimum Gasteiger partial charge on any atom is -0.436 e. The fraction of sp³-hybridized carbons (Fsp3) is 0.136. The summed E-state index contributed by atoms with van der Waals surface area (Å²) >= 11 is 0. The number of aryl methyl sites for hydroxylation is 1. The number of hydrogen-bond acceptors (Lipinski definition) is 6. The number of nitrogens with zero attached hydrogens (tertiary/aromatic N) is 3. The molecule has 0 spiro atoms. The predicted molar refractivity (Wildman–Crippen MR) is 118 cm³/mol. The molecule has 2 aromatic heterocycles. The molecule has 2 heterocycles. The fourth-order valence-electron chi connectivity index (χ4n) is 3.22. The Bertz CT molecular complexity index is 1430. The number of sulfone groups is 1. The smallest absolute Gasteiger partial charge is 0.330 e. The van der Waals surface area contributed by atoms with Crippen molar-refractivity contribution in [3.05, 3.63) is 78.1 Å². The van der Waals surface area contributed by atoms with Crippen LogP contribution in [-0.4, -0.2) is 35.2 Å². The molecule has 32 heavy (non-hydrogen) atoms. The van der Waals surface area contributed by atoms with Gasteiger partial charge in [-0.1, -0.05) is 12.1 Å². The molecule has 0 atom stereocenters. The van der Waals surface area contributed by atoms with Gasteiger partial charge >= 0.3 is 6.03 Å². The van der Waals surface area contributed by atoms with E-state index in [0.29, 0.717) is 11.2 Å². The van der Waals surface area contributed by atoms with E-state index >= 15 is 4.39 Å². The SMILES string of the molecule is Cc1cccc(NC(=O)n2ccc3c(F)c(Oc4cc(CS(C)(=O)=O)ncn4)ccc32)c1. The summed E-state index contributed by atoms with van der Waals surface area (Å²) in [5.41, 5.74) is 2.22. The number of halogens is 1. The van der Waals surface area contributed by atoms with Gasteiger partial charge in [-0.3, -0.25) is 4.57 Å². The number of nitrogens with one attached hydrogen (secondary N) is 1. The van der Waals surface area contributed by atoms with Crippen molar-refractivity contribution < 1.29 is 22.3 Å². The van der Waals surface area contributed by atoms with Gasteiger partial charge in [0.05, 0.1) is 17.0 Å². The number of ether oxygens (including phenoxy) is 1. The van der Waals surface area contributed by atoms with E-state index in [9.17, 15) is 13.2 Å². The maximum atomic E-state index is 15.1. The highest BCUT2D eigenvalue weighted by atomic mass is 32.2. The molecule has 4 aromatic rings. The van der Waals surface area contributed by atoms with Crippen LogP contribution in [0.2, 0.25) is 0 Å². The van der Waals surface area contributed by atoms with Crippen LogP contribution in [0.4, 0.5) is 14.9 Å². The molecule has 164 valence electrons. The number of anilines is 1. The van der Waals surface area contributed by atoms with Crippen LogP contribution in [0.1, 0.15) is 11.3 Å². The Morgan fingerprint density at radius 1 is 1.16 bits per heavy atom. The van der Waals surface area contributed by atoms with E-state index in [1.165, 1.54) is 29.0 Å². The number of hydrogen-bond donors (Lipinski definition) is 1. The van der Waals surface area contributed by atoms with Crippen molar-refractivity contribution in [1.29, 1.82) is 0 Å². The lowest BCUT2D eigenvalue weighted by Gasteiger charge is -2.10. The Morgan fingerprint density at radius 2 is 1.97 bits per heavy atom. The fourth-order valence-corrected chi connectivity index (χ4v) is 3.91. The number of rotatable bonds is 5. The summed E-state index contributed by atoms with van der Waals surface area (Å²) < 4.78 is 44.8. The Morgan fingerprint density at radius 3 is 2.72 bits per heavy atom. The number of benzene rings is 2. The number of fused-ring (bicyclic) bond motifs is 1. The van der Waals surface area contributed by atoms with Crippen LogP contribution in [0.25, 0.3) is 10.9 Å². The third kappa shape index (κ3) is 4.75. The highest BCUT2D eigenvalue weighted by Crippen LogP contribution is 2.30. The number of carbonyl (C=O) groups is 1. The molecule has 8 nitrogen and oxygen atoms in total. The van der Waals surface area contributed by atoms with Crippen molar-refractivity contribution in [1.82, 2.24) is 14.5 Å². The highest BCUT2D eigenvalue weighted by Gasteiger charge is 2.17. The summed E-state index contributed by atoms with van der Waals surface area (Å²) in [7, 11) is -3.29. The summed E-state index contributed by atoms with van der Waals surface area (Å²) in [4.78, 5) is 20.5. The van der Waals surface area contributed by atoms with Gasteiger partial charge in [0.15, 0.2) is 21.4 Å². The molecule has 1 amide bonds. The first-order valence-corrected chi connectivity index (χ1v) is 11.6. The van der Waals surface area contributed by atoms with Gasteiger partial charge in [-0.25, -0.2) is 27.6 Å². The van der Waals surface area contributed by atoms with Gasteiger partial charge in [0.2, 0.25) is 5.88 Å². The minimum absolute atomic E-state index is 0.00789. The zero-order valence-corrected chi connectivity index (χ0v) is 18.1. The Balaban J connectivity index is 1.59. The average Bonchev–Trinajstić information content (AvgIpc) is 3.14. The molecule has 0 aliphatic rings. The molecule has 10 heteroatoms. The molecule has 0 saturated heterocycles. The lowest BCUT2D eigenvalue weighted by Crippen LogP contribution is -2.18. The molecular formula is C22H19FN4O4S. The first-order chi connectivity index (χ1) is 15.2. The van der Waals surface area contributed by atoms with E-state index in [2.05, 4.69) is 15.3 Å². The third-order valence-corrected chi connectivity index (χ3v) is 5.40. The molecule has 0 bridgehead atoms. The van der Waals surface area contributed by atoms with Crippen molar-refractivity contribution >= 4 is 32.5 Å². The predicted octanol–water partition coefficient (Wildman–Crippen LogP) is 4.30. The highest BCUT2D eigenvalue weighted by molar-refractivity contribution is 7.89. The molecule has 0 aliphatic carbocycles. The Kier molecular flexibility index (Phi) is 5.62. The van der Waals surface area contributed by atoms with E-state index in [4.69, 9.17) is 4.74 Å². The van der Waals surface area contributed by atoms with Crippen LogP contribution in [-0.2, 0) is 15.6 Å². The van der Waals surface area contributed by atoms with E-state index < -0.39 is 21.7 Å². The van der Waals surface area contributed by atoms with Crippen molar-refractivity contribution in [3.63, 3.8) is 0 Å². The van der Waals surface area contributed by atoms with Crippen LogP contribution in [0.5, 0.6) is 11.6 Å². The maximum Gasteiger partial charge on any atom is 0.330 e. The molecule has 0 unspecified atom stereocenters. The van der Waals surface area contributed by atoms with Crippen molar-refractivity contribution in [2.45, 2.75) is 12.7 Å². The molecule has 2 aromatic carbocycles. The number of aromatic nitrogens is 3. The number of carbonyl (C=O) groups excluding carboxylic acids is 1. The second-order valence-corrected chi connectivity index (χ2v) is 9.46. The van der Waals surface area contributed by atoms with Gasteiger partial charge in [-0.05, 0) is 42.8 Å². The summed E-state index contributed by atoms with van der Waals surface area (Å²) in [6.45, 7) is 1.92. The van der Waals surface area contributed by atoms with Crippen LogP contribution in [0, 0.1) is 12.7 Å². The molecule has 0 saturated carbocycles. The summed E-state index contributed by atoms with van der Waals surface area (Å²) in [6, 6.07) is 12.7. The Hall–Kier alpha value is -3.79. The average molecular weight is 454 g/mol. The van der Waals surface area contributed by atoms with Crippen LogP contribution in [0.15, 0.2) is 61.1 Å². The van der Waals surface area contributed by atoms with Crippen LogP contribution in [0.3, 0.4) is 0 Å². The second kappa shape index (κ2) is 8.39. The monoisotopic (exact) mass is 454 g/mol. The van der Waals surface area contributed by atoms with E-state index in [1.807, 2.05) is 25.1 Å². The van der Waals surface area contributed by atoms with E-state index in [1.54, 1.807) is 12.1 Å². The molecule has 1 N–H and O–H groups in total. The van der Waals surface area contributed by atoms with Gasteiger partial charge in [0, 0.05) is 29.6 Å². The quantitative estimate of drug-likeness (QED) is 0.482. The topological polar surface area (TPSA) is 103 Å². The second-order valence-electron chi connectivity index (χ2n) is 7.32. The van der Waals surface area contributed by atoms with Crippen LogP contribution < -0.4 is 10.1 Å².